The molecule has 0 aliphatic carbocycles. The van der Waals surface area contributed by atoms with Crippen molar-refractivity contribution in [2.45, 2.75) is 31.6 Å². The van der Waals surface area contributed by atoms with E-state index in [2.05, 4.69) is 38.1 Å². The zero-order valence-electron chi connectivity index (χ0n) is 10.5. The molecule has 2 aromatic rings. The molecule has 0 spiro atoms. The van der Waals surface area contributed by atoms with Crippen molar-refractivity contribution in [3.8, 4) is 0 Å². The summed E-state index contributed by atoms with van der Waals surface area (Å²) >= 11 is 12.1. The van der Waals surface area contributed by atoms with Gasteiger partial charge in [0.05, 0.1) is 0 Å². The largest absolute Gasteiger partial charge is 0.448 e. The summed E-state index contributed by atoms with van der Waals surface area (Å²) in [5.74, 6) is 1.25. The molecule has 96 valence electrons. The minimum atomic E-state index is -0.288. The summed E-state index contributed by atoms with van der Waals surface area (Å²) in [6.45, 7) is 4.41. The van der Waals surface area contributed by atoms with E-state index < -0.39 is 0 Å². The molecule has 3 heteroatoms. The van der Waals surface area contributed by atoms with Crippen molar-refractivity contribution in [3.63, 3.8) is 0 Å². The van der Waals surface area contributed by atoms with Crippen LogP contribution in [0.3, 0.4) is 0 Å². The highest BCUT2D eigenvalue weighted by Gasteiger charge is 2.15. The van der Waals surface area contributed by atoms with Gasteiger partial charge in [0.15, 0.2) is 5.22 Å². The molecule has 1 nitrogen and oxygen atoms in total. The fourth-order valence-electron chi connectivity index (χ4n) is 1.86. The quantitative estimate of drug-likeness (QED) is 0.649. The lowest BCUT2D eigenvalue weighted by Crippen LogP contribution is -1.94. The average molecular weight is 283 g/mol. The molecule has 2 unspecified atom stereocenters. The molecular weight excluding hydrogens is 267 g/mol. The van der Waals surface area contributed by atoms with Crippen molar-refractivity contribution in [2.75, 3.05) is 0 Å². The molecule has 1 heterocycles. The van der Waals surface area contributed by atoms with Crippen LogP contribution in [0.5, 0.6) is 0 Å². The summed E-state index contributed by atoms with van der Waals surface area (Å²) in [7, 11) is 0. The fourth-order valence-corrected chi connectivity index (χ4v) is 2.27. The van der Waals surface area contributed by atoms with E-state index in [9.17, 15) is 0 Å². The Morgan fingerprint density at radius 1 is 1.06 bits per heavy atom. The molecule has 18 heavy (non-hydrogen) atoms. The van der Waals surface area contributed by atoms with Crippen molar-refractivity contribution in [1.82, 2.24) is 0 Å². The van der Waals surface area contributed by atoms with Crippen LogP contribution in [0.4, 0.5) is 0 Å². The normalized spacial score (nSPS) is 14.4. The Morgan fingerprint density at radius 3 is 2.17 bits per heavy atom. The molecule has 0 fully saturated rings. The predicted octanol–water partition coefficient (Wildman–Crippen LogP) is 5.77. The number of benzene rings is 1. The van der Waals surface area contributed by atoms with Gasteiger partial charge in [-0.15, -0.1) is 11.6 Å². The SMILES string of the molecule is CCC(C)c1ccc(C(Cl)c2ccc(Cl)o2)cc1. The molecule has 2 rings (SSSR count). The van der Waals surface area contributed by atoms with E-state index in [1.165, 1.54) is 5.56 Å². The van der Waals surface area contributed by atoms with Crippen LogP contribution in [0, 0.1) is 0 Å². The molecule has 2 atom stereocenters. The highest BCUT2D eigenvalue weighted by Crippen LogP contribution is 2.32. The van der Waals surface area contributed by atoms with E-state index in [0.29, 0.717) is 16.9 Å². The highest BCUT2D eigenvalue weighted by molar-refractivity contribution is 6.29. The van der Waals surface area contributed by atoms with Gasteiger partial charge in [0.1, 0.15) is 11.1 Å². The van der Waals surface area contributed by atoms with E-state index in [0.717, 1.165) is 12.0 Å². The summed E-state index contributed by atoms with van der Waals surface area (Å²) in [5.41, 5.74) is 2.36. The van der Waals surface area contributed by atoms with E-state index in [4.69, 9.17) is 27.6 Å². The molecule has 0 bridgehead atoms. The van der Waals surface area contributed by atoms with Gasteiger partial charge in [-0.1, -0.05) is 38.1 Å². The van der Waals surface area contributed by atoms with Crippen LogP contribution in [0.1, 0.15) is 48.5 Å². The summed E-state index contributed by atoms with van der Waals surface area (Å²) < 4.78 is 5.33. The van der Waals surface area contributed by atoms with Gasteiger partial charge in [0.25, 0.3) is 0 Å². The van der Waals surface area contributed by atoms with Gasteiger partial charge in [0, 0.05) is 0 Å². The first-order valence-corrected chi connectivity index (χ1v) is 6.92. The molecular formula is C15H16Cl2O. The molecule has 0 saturated heterocycles. The Morgan fingerprint density at radius 2 is 1.67 bits per heavy atom. The van der Waals surface area contributed by atoms with Crippen LogP contribution in [-0.2, 0) is 0 Å². The summed E-state index contributed by atoms with van der Waals surface area (Å²) in [6, 6.07) is 11.9. The van der Waals surface area contributed by atoms with Crippen LogP contribution < -0.4 is 0 Å². The second-order valence-electron chi connectivity index (χ2n) is 4.48. The van der Waals surface area contributed by atoms with Crippen molar-refractivity contribution >= 4 is 23.2 Å². The number of halogens is 2. The lowest BCUT2D eigenvalue weighted by Gasteiger charge is -2.11. The zero-order valence-corrected chi connectivity index (χ0v) is 12.0. The van der Waals surface area contributed by atoms with Crippen LogP contribution in [0.2, 0.25) is 5.22 Å². The van der Waals surface area contributed by atoms with Crippen LogP contribution in [0.25, 0.3) is 0 Å². The van der Waals surface area contributed by atoms with Crippen LogP contribution >= 0.6 is 23.2 Å². The van der Waals surface area contributed by atoms with Gasteiger partial charge in [0.2, 0.25) is 0 Å². The minimum absolute atomic E-state index is 0.288. The number of hydrogen-bond acceptors (Lipinski definition) is 1. The number of furan rings is 1. The number of rotatable bonds is 4. The van der Waals surface area contributed by atoms with E-state index >= 15 is 0 Å². The number of hydrogen-bond donors (Lipinski definition) is 0. The molecule has 1 aromatic carbocycles. The average Bonchev–Trinajstić information content (AvgIpc) is 2.84. The van der Waals surface area contributed by atoms with Gasteiger partial charge < -0.3 is 4.42 Å². The Kier molecular flexibility index (Phi) is 4.36. The predicted molar refractivity (Wildman–Crippen MR) is 76.6 cm³/mol. The summed E-state index contributed by atoms with van der Waals surface area (Å²) in [5, 5.41) is 0.0790. The molecule has 0 N–H and O–H groups in total. The number of alkyl halides is 1. The molecule has 0 radical (unpaired) electrons. The third-order valence-electron chi connectivity index (χ3n) is 3.25. The molecule has 1 aromatic heterocycles. The Bertz CT molecular complexity index is 501. The Labute approximate surface area is 118 Å². The van der Waals surface area contributed by atoms with E-state index in [1.54, 1.807) is 6.07 Å². The van der Waals surface area contributed by atoms with Crippen LogP contribution in [-0.4, -0.2) is 0 Å². The second kappa shape index (κ2) is 5.81. The summed E-state index contributed by atoms with van der Waals surface area (Å²) in [6.07, 6.45) is 1.14. The lowest BCUT2D eigenvalue weighted by molar-refractivity contribution is 0.518. The molecule has 0 aliphatic heterocycles. The van der Waals surface area contributed by atoms with Crippen molar-refractivity contribution < 1.29 is 4.42 Å². The Balaban J connectivity index is 2.19. The van der Waals surface area contributed by atoms with E-state index in [1.807, 2.05) is 6.07 Å². The first kappa shape index (κ1) is 13.5. The van der Waals surface area contributed by atoms with E-state index in [-0.39, 0.29) is 5.38 Å². The van der Waals surface area contributed by atoms with Crippen molar-refractivity contribution in [1.29, 1.82) is 0 Å². The van der Waals surface area contributed by atoms with Crippen molar-refractivity contribution in [3.05, 3.63) is 58.5 Å². The van der Waals surface area contributed by atoms with Crippen LogP contribution in [0.15, 0.2) is 40.8 Å². The first-order valence-electron chi connectivity index (χ1n) is 6.11. The first-order chi connectivity index (χ1) is 8.61. The van der Waals surface area contributed by atoms with Gasteiger partial charge >= 0.3 is 0 Å². The maximum absolute atomic E-state index is 6.36. The third-order valence-corrected chi connectivity index (χ3v) is 3.92. The standard InChI is InChI=1S/C15H16Cl2O/c1-3-10(2)11-4-6-12(7-5-11)15(17)13-8-9-14(16)18-13/h4-10,15H,3H2,1-2H3. The lowest BCUT2D eigenvalue weighted by atomic mass is 9.97. The topological polar surface area (TPSA) is 13.1 Å². The maximum atomic E-state index is 6.36. The third kappa shape index (κ3) is 2.90. The maximum Gasteiger partial charge on any atom is 0.193 e. The van der Waals surface area contributed by atoms with Gasteiger partial charge in [-0.3, -0.25) is 0 Å². The summed E-state index contributed by atoms with van der Waals surface area (Å²) in [4.78, 5) is 0. The Hall–Kier alpha value is -0.920. The molecule has 0 saturated carbocycles. The van der Waals surface area contributed by atoms with Crippen molar-refractivity contribution in [2.24, 2.45) is 0 Å². The highest BCUT2D eigenvalue weighted by atomic mass is 35.5. The smallest absolute Gasteiger partial charge is 0.193 e. The van der Waals surface area contributed by atoms with Gasteiger partial charge in [-0.2, -0.15) is 0 Å². The van der Waals surface area contributed by atoms with Gasteiger partial charge in [-0.05, 0) is 47.2 Å². The van der Waals surface area contributed by atoms with Gasteiger partial charge in [-0.25, -0.2) is 0 Å². The fraction of sp³-hybridized carbons (Fsp3) is 0.333. The zero-order chi connectivity index (χ0) is 13.1. The second-order valence-corrected chi connectivity index (χ2v) is 5.29. The molecule has 0 amide bonds. The molecule has 0 aliphatic rings. The minimum Gasteiger partial charge on any atom is -0.448 e. The monoisotopic (exact) mass is 282 g/mol.